The molecule has 0 unspecified atom stereocenters. The van der Waals surface area contributed by atoms with E-state index in [1.54, 1.807) is 7.05 Å². The molecule has 0 saturated heterocycles. The van der Waals surface area contributed by atoms with Crippen LogP contribution in [0.1, 0.15) is 75.3 Å². The minimum Gasteiger partial charge on any atom is -0.347 e. The van der Waals surface area contributed by atoms with Crippen LogP contribution in [0.25, 0.3) is 33.0 Å². The quantitative estimate of drug-likeness (QED) is 0.239. The van der Waals surface area contributed by atoms with E-state index in [4.69, 9.17) is 0 Å². The third-order valence-electron chi connectivity index (χ3n) is 9.76. The molecular formula is C35H39N3O2. The van der Waals surface area contributed by atoms with Crippen molar-refractivity contribution in [1.82, 2.24) is 14.0 Å². The van der Waals surface area contributed by atoms with Gasteiger partial charge in [0.2, 0.25) is 0 Å². The molecule has 206 valence electrons. The van der Waals surface area contributed by atoms with E-state index in [-0.39, 0.29) is 11.8 Å². The molecule has 0 atom stereocenters. The van der Waals surface area contributed by atoms with Crippen molar-refractivity contribution >= 4 is 44.8 Å². The minimum atomic E-state index is -0.204. The lowest BCUT2D eigenvalue weighted by Crippen LogP contribution is -2.26. The predicted molar refractivity (Wildman–Crippen MR) is 162 cm³/mol. The van der Waals surface area contributed by atoms with E-state index in [0.29, 0.717) is 23.0 Å². The molecule has 2 fully saturated rings. The van der Waals surface area contributed by atoms with Crippen molar-refractivity contribution in [3.8, 4) is 0 Å². The van der Waals surface area contributed by atoms with Crippen molar-refractivity contribution in [2.24, 2.45) is 11.8 Å². The molecule has 0 N–H and O–H groups in total. The maximum atomic E-state index is 13.8. The minimum absolute atomic E-state index is 0.204. The van der Waals surface area contributed by atoms with Crippen LogP contribution in [0.3, 0.4) is 0 Å². The second kappa shape index (κ2) is 10.4. The smallest absolute Gasteiger partial charge is 0.261 e. The number of aromatic nitrogens is 2. The van der Waals surface area contributed by atoms with Gasteiger partial charge < -0.3 is 9.13 Å². The van der Waals surface area contributed by atoms with Crippen LogP contribution < -0.4 is 0 Å². The summed E-state index contributed by atoms with van der Waals surface area (Å²) in [7, 11) is 1.63. The zero-order valence-corrected chi connectivity index (χ0v) is 23.6. The van der Waals surface area contributed by atoms with E-state index >= 15 is 0 Å². The normalized spacial score (nSPS) is 19.6. The summed E-state index contributed by atoms with van der Waals surface area (Å²) in [6.07, 6.45) is 17.2. The molecule has 2 saturated carbocycles. The third kappa shape index (κ3) is 4.31. The van der Waals surface area contributed by atoms with Crippen LogP contribution in [0.5, 0.6) is 0 Å². The molecule has 5 nitrogen and oxygen atoms in total. The van der Waals surface area contributed by atoms with Crippen molar-refractivity contribution in [2.45, 2.75) is 77.3 Å². The van der Waals surface area contributed by atoms with Gasteiger partial charge in [-0.15, -0.1) is 0 Å². The number of fused-ring (bicyclic) bond motifs is 2. The molecule has 40 heavy (non-hydrogen) atoms. The van der Waals surface area contributed by atoms with E-state index in [0.717, 1.165) is 46.0 Å². The van der Waals surface area contributed by atoms with E-state index in [1.807, 2.05) is 12.1 Å². The zero-order valence-electron chi connectivity index (χ0n) is 23.6. The first kappa shape index (κ1) is 25.4. The van der Waals surface area contributed by atoms with Gasteiger partial charge in [-0.3, -0.25) is 14.5 Å². The summed E-state index contributed by atoms with van der Waals surface area (Å²) in [5.41, 5.74) is 5.15. The van der Waals surface area contributed by atoms with Gasteiger partial charge in [-0.1, -0.05) is 74.9 Å². The standard InChI is InChI=1S/C35H39N3O2/c1-36-34(39)32(28-22-37(20-24-12-4-2-5-13-24)30-18-10-8-16-26(28)30)33(35(36)40)29-23-38(21-25-14-6-3-7-15-25)31-19-11-9-17-27(29)31/h8-11,16-19,22-25H,2-7,12-15,20-21H2,1H3. The molecule has 3 heterocycles. The van der Waals surface area contributed by atoms with Crippen molar-refractivity contribution in [3.05, 3.63) is 72.1 Å². The van der Waals surface area contributed by atoms with Crippen LogP contribution in [-0.2, 0) is 22.7 Å². The first-order valence-corrected chi connectivity index (χ1v) is 15.3. The van der Waals surface area contributed by atoms with Gasteiger partial charge in [0.25, 0.3) is 11.8 Å². The number of amides is 2. The van der Waals surface area contributed by atoms with Crippen LogP contribution in [0, 0.1) is 11.8 Å². The number of carbonyl (C=O) groups excluding carboxylic acids is 2. The van der Waals surface area contributed by atoms with E-state index < -0.39 is 0 Å². The Morgan fingerprint density at radius 1 is 0.600 bits per heavy atom. The Hall–Kier alpha value is -3.60. The highest BCUT2D eigenvalue weighted by Gasteiger charge is 2.39. The zero-order chi connectivity index (χ0) is 27.2. The summed E-state index contributed by atoms with van der Waals surface area (Å²) in [4.78, 5) is 29.0. The number of carbonyl (C=O) groups is 2. The monoisotopic (exact) mass is 533 g/mol. The van der Waals surface area contributed by atoms with Gasteiger partial charge >= 0.3 is 0 Å². The van der Waals surface area contributed by atoms with Crippen molar-refractivity contribution in [3.63, 3.8) is 0 Å². The molecule has 4 aromatic rings. The Bertz CT molecular complexity index is 1500. The first-order chi connectivity index (χ1) is 19.6. The SMILES string of the molecule is CN1C(=O)C(c2cn(CC3CCCCC3)c3ccccc23)=C(c2cn(CC3CCCCC3)c3ccccc23)C1=O. The topological polar surface area (TPSA) is 47.2 Å². The van der Waals surface area contributed by atoms with Crippen LogP contribution in [-0.4, -0.2) is 32.9 Å². The maximum absolute atomic E-state index is 13.8. The Labute approximate surface area is 236 Å². The molecule has 7 rings (SSSR count). The van der Waals surface area contributed by atoms with E-state index in [9.17, 15) is 9.59 Å². The van der Waals surface area contributed by atoms with E-state index in [1.165, 1.54) is 69.1 Å². The lowest BCUT2D eigenvalue weighted by atomic mass is 9.89. The second-order valence-electron chi connectivity index (χ2n) is 12.4. The number of hydrogen-bond donors (Lipinski definition) is 0. The van der Waals surface area contributed by atoms with Crippen LogP contribution in [0.15, 0.2) is 60.9 Å². The lowest BCUT2D eigenvalue weighted by molar-refractivity contribution is -0.134. The number of hydrogen-bond acceptors (Lipinski definition) is 2. The number of rotatable bonds is 6. The fraction of sp³-hybridized carbons (Fsp3) is 0.429. The molecule has 3 aliphatic rings. The highest BCUT2D eigenvalue weighted by atomic mass is 16.2. The van der Waals surface area contributed by atoms with E-state index in [2.05, 4.69) is 57.9 Å². The summed E-state index contributed by atoms with van der Waals surface area (Å²) >= 11 is 0. The van der Waals surface area contributed by atoms with Gasteiger partial charge in [0.15, 0.2) is 0 Å². The molecule has 2 aromatic heterocycles. The third-order valence-corrected chi connectivity index (χ3v) is 9.76. The Kier molecular flexibility index (Phi) is 6.61. The Balaban J connectivity index is 1.39. The van der Waals surface area contributed by atoms with Gasteiger partial charge in [0.1, 0.15) is 0 Å². The Morgan fingerprint density at radius 2 is 1.00 bits per heavy atom. The van der Waals surface area contributed by atoms with Crippen LogP contribution >= 0.6 is 0 Å². The molecule has 0 radical (unpaired) electrons. The molecule has 2 aromatic carbocycles. The fourth-order valence-electron chi connectivity index (χ4n) is 7.63. The molecule has 2 aliphatic carbocycles. The molecule has 0 bridgehead atoms. The highest BCUT2D eigenvalue weighted by molar-refractivity contribution is 6.50. The van der Waals surface area contributed by atoms with Gasteiger partial charge in [0, 0.05) is 65.5 Å². The average Bonchev–Trinajstić information content (AvgIpc) is 3.60. The first-order valence-electron chi connectivity index (χ1n) is 15.3. The predicted octanol–water partition coefficient (Wildman–Crippen LogP) is 7.67. The maximum Gasteiger partial charge on any atom is 0.261 e. The number of benzene rings is 2. The van der Waals surface area contributed by atoms with Gasteiger partial charge in [-0.05, 0) is 49.7 Å². The summed E-state index contributed by atoms with van der Waals surface area (Å²) in [6.45, 7) is 1.92. The number of imide groups is 1. The molecule has 5 heteroatoms. The molecule has 2 amide bonds. The largest absolute Gasteiger partial charge is 0.347 e. The summed E-state index contributed by atoms with van der Waals surface area (Å²) < 4.78 is 4.68. The highest BCUT2D eigenvalue weighted by Crippen LogP contribution is 2.42. The average molecular weight is 534 g/mol. The molecular weight excluding hydrogens is 494 g/mol. The summed E-state index contributed by atoms with van der Waals surface area (Å²) in [5.74, 6) is 0.911. The van der Waals surface area contributed by atoms with Gasteiger partial charge in [-0.25, -0.2) is 0 Å². The number of nitrogens with zero attached hydrogens (tertiary/aromatic N) is 3. The van der Waals surface area contributed by atoms with Gasteiger partial charge in [-0.2, -0.15) is 0 Å². The summed E-state index contributed by atoms with van der Waals surface area (Å²) in [6, 6.07) is 16.8. The van der Waals surface area contributed by atoms with Crippen LogP contribution in [0.4, 0.5) is 0 Å². The van der Waals surface area contributed by atoms with Crippen molar-refractivity contribution in [2.75, 3.05) is 7.05 Å². The second-order valence-corrected chi connectivity index (χ2v) is 12.4. The molecule has 0 spiro atoms. The Morgan fingerprint density at radius 3 is 1.43 bits per heavy atom. The number of likely N-dealkylation sites (N-methyl/N-ethyl adjacent to an activating group) is 1. The van der Waals surface area contributed by atoms with Crippen LogP contribution in [0.2, 0.25) is 0 Å². The summed E-state index contributed by atoms with van der Waals surface area (Å²) in [5, 5.41) is 2.10. The van der Waals surface area contributed by atoms with Crippen molar-refractivity contribution < 1.29 is 9.59 Å². The van der Waals surface area contributed by atoms with Gasteiger partial charge in [0.05, 0.1) is 11.1 Å². The van der Waals surface area contributed by atoms with Crippen molar-refractivity contribution in [1.29, 1.82) is 0 Å². The fourth-order valence-corrected chi connectivity index (χ4v) is 7.63. The number of para-hydroxylation sites is 2. The lowest BCUT2D eigenvalue weighted by Gasteiger charge is -2.22. The molecule has 1 aliphatic heterocycles.